The summed E-state index contributed by atoms with van der Waals surface area (Å²) in [6.07, 6.45) is -3.65. The van der Waals surface area contributed by atoms with Gasteiger partial charge in [-0.15, -0.1) is 11.3 Å². The van der Waals surface area contributed by atoms with Crippen LogP contribution in [-0.4, -0.2) is 32.9 Å². The van der Waals surface area contributed by atoms with Crippen molar-refractivity contribution in [1.82, 2.24) is 14.7 Å². The van der Waals surface area contributed by atoms with E-state index in [1.54, 1.807) is 56.9 Å². The lowest BCUT2D eigenvalue weighted by molar-refractivity contribution is -0.141. The third-order valence-electron chi connectivity index (χ3n) is 5.56. The molecule has 182 valence electrons. The highest BCUT2D eigenvalue weighted by Crippen LogP contribution is 2.45. The number of ether oxygens (including phenoxy) is 1. The van der Waals surface area contributed by atoms with Gasteiger partial charge in [0.25, 0.3) is 0 Å². The summed E-state index contributed by atoms with van der Waals surface area (Å²) in [5.74, 6) is -0.373. The summed E-state index contributed by atoms with van der Waals surface area (Å²) in [6.45, 7) is 8.02. The highest BCUT2D eigenvalue weighted by molar-refractivity contribution is 7.16. The maximum atomic E-state index is 13.9. The molecule has 0 fully saturated rings. The van der Waals surface area contributed by atoms with Crippen molar-refractivity contribution in [2.45, 2.75) is 58.5 Å². The number of halogens is 4. The van der Waals surface area contributed by atoms with Crippen LogP contribution in [0.4, 0.5) is 18.0 Å². The fourth-order valence-electron chi connectivity index (χ4n) is 4.15. The topological polar surface area (TPSA) is 47.4 Å². The van der Waals surface area contributed by atoms with E-state index in [0.717, 1.165) is 10.4 Å². The number of thiophene rings is 1. The Morgan fingerprint density at radius 1 is 1.21 bits per heavy atom. The molecule has 1 aliphatic rings. The predicted molar refractivity (Wildman–Crippen MR) is 126 cm³/mol. The van der Waals surface area contributed by atoms with Gasteiger partial charge in [-0.05, 0) is 50.5 Å². The molecule has 0 saturated carbocycles. The van der Waals surface area contributed by atoms with E-state index in [0.29, 0.717) is 28.6 Å². The van der Waals surface area contributed by atoms with Gasteiger partial charge in [-0.1, -0.05) is 35.9 Å². The lowest BCUT2D eigenvalue weighted by atomic mass is 9.84. The molecule has 5 nitrogen and oxygen atoms in total. The summed E-state index contributed by atoms with van der Waals surface area (Å²) in [5.41, 5.74) is 0.436. The Bertz CT molecular complexity index is 1210. The quantitative estimate of drug-likeness (QED) is 0.374. The van der Waals surface area contributed by atoms with Gasteiger partial charge in [-0.2, -0.15) is 18.3 Å². The Balaban J connectivity index is 1.83. The van der Waals surface area contributed by atoms with Crippen LogP contribution in [0.2, 0.25) is 4.34 Å². The Hall–Kier alpha value is -2.52. The highest BCUT2D eigenvalue weighted by Gasteiger charge is 2.39. The zero-order valence-corrected chi connectivity index (χ0v) is 20.8. The minimum absolute atomic E-state index is 0.0159. The van der Waals surface area contributed by atoms with Crippen LogP contribution in [0.5, 0.6) is 0 Å². The molecule has 1 amide bonds. The fourth-order valence-corrected chi connectivity index (χ4v) is 5.51. The zero-order chi connectivity index (χ0) is 24.8. The molecule has 0 aliphatic carbocycles. The van der Waals surface area contributed by atoms with Gasteiger partial charge in [0, 0.05) is 35.6 Å². The number of hydrogen-bond acceptors (Lipinski definition) is 4. The second kappa shape index (κ2) is 8.92. The van der Waals surface area contributed by atoms with Gasteiger partial charge in [0.15, 0.2) is 5.69 Å². The van der Waals surface area contributed by atoms with Crippen LogP contribution >= 0.6 is 22.9 Å². The summed E-state index contributed by atoms with van der Waals surface area (Å²) in [6, 6.07) is 8.81. The molecule has 2 aromatic heterocycles. The van der Waals surface area contributed by atoms with Gasteiger partial charge >= 0.3 is 12.3 Å². The second-order valence-corrected chi connectivity index (χ2v) is 10.9. The molecule has 0 spiro atoms. The van der Waals surface area contributed by atoms with Gasteiger partial charge in [0.2, 0.25) is 0 Å². The summed E-state index contributed by atoms with van der Waals surface area (Å²) >= 11 is 7.69. The van der Waals surface area contributed by atoms with Gasteiger partial charge < -0.3 is 9.64 Å². The first-order valence-corrected chi connectivity index (χ1v) is 12.1. The van der Waals surface area contributed by atoms with Crippen LogP contribution < -0.4 is 0 Å². The van der Waals surface area contributed by atoms with Crippen molar-refractivity contribution in [1.29, 1.82) is 0 Å². The van der Waals surface area contributed by atoms with E-state index in [-0.39, 0.29) is 18.0 Å². The Kier molecular flexibility index (Phi) is 6.46. The molecule has 1 aromatic carbocycles. The lowest BCUT2D eigenvalue weighted by Crippen LogP contribution is -2.41. The molecule has 0 saturated heterocycles. The van der Waals surface area contributed by atoms with Crippen molar-refractivity contribution < 1.29 is 22.7 Å². The average molecular weight is 512 g/mol. The van der Waals surface area contributed by atoms with Crippen molar-refractivity contribution >= 4 is 29.0 Å². The SMILES string of the molecule is CCn1cc(-c2ccccc2[C@@H]2CN(C(=O)OC(C)(C)C)Cc3sc(Cl)cc32)c(C(F)(F)F)n1. The van der Waals surface area contributed by atoms with Crippen molar-refractivity contribution in [2.75, 3.05) is 6.54 Å². The Morgan fingerprint density at radius 3 is 2.56 bits per heavy atom. The molecule has 0 bridgehead atoms. The number of rotatable bonds is 3. The number of benzene rings is 1. The summed E-state index contributed by atoms with van der Waals surface area (Å²) in [5, 5.41) is 3.78. The van der Waals surface area contributed by atoms with Crippen molar-refractivity contribution in [3.63, 3.8) is 0 Å². The number of carbonyl (C=O) groups is 1. The first-order valence-electron chi connectivity index (χ1n) is 10.9. The number of hydrogen-bond donors (Lipinski definition) is 0. The number of aryl methyl sites for hydroxylation is 1. The Labute approximate surface area is 205 Å². The van der Waals surface area contributed by atoms with E-state index in [4.69, 9.17) is 16.3 Å². The minimum atomic E-state index is -4.60. The monoisotopic (exact) mass is 511 g/mol. The number of carbonyl (C=O) groups excluding carboxylic acids is 1. The van der Waals surface area contributed by atoms with Gasteiger partial charge in [-0.25, -0.2) is 4.79 Å². The highest BCUT2D eigenvalue weighted by atomic mass is 35.5. The van der Waals surface area contributed by atoms with E-state index in [1.807, 2.05) is 6.07 Å². The van der Waals surface area contributed by atoms with Gasteiger partial charge in [0.05, 0.1) is 10.9 Å². The van der Waals surface area contributed by atoms with Crippen LogP contribution in [0.3, 0.4) is 0 Å². The number of nitrogens with zero attached hydrogens (tertiary/aromatic N) is 3. The number of alkyl halides is 3. The van der Waals surface area contributed by atoms with Crippen LogP contribution in [0.1, 0.15) is 55.3 Å². The Morgan fingerprint density at radius 2 is 1.91 bits per heavy atom. The number of amides is 1. The third kappa shape index (κ3) is 4.95. The van der Waals surface area contributed by atoms with Crippen LogP contribution in [0.15, 0.2) is 36.5 Å². The minimum Gasteiger partial charge on any atom is -0.444 e. The molecule has 3 heterocycles. The number of aromatic nitrogens is 2. The maximum Gasteiger partial charge on any atom is 0.435 e. The van der Waals surface area contributed by atoms with E-state index < -0.39 is 23.6 Å². The molecular weight excluding hydrogens is 487 g/mol. The molecule has 3 aromatic rings. The summed E-state index contributed by atoms with van der Waals surface area (Å²) in [4.78, 5) is 15.4. The van der Waals surface area contributed by atoms with Crippen molar-refractivity contribution in [3.8, 4) is 11.1 Å². The van der Waals surface area contributed by atoms with Gasteiger partial charge in [-0.3, -0.25) is 4.68 Å². The first kappa shape index (κ1) is 24.6. The second-order valence-electron chi connectivity index (χ2n) is 9.17. The normalized spacial score (nSPS) is 16.5. The smallest absolute Gasteiger partial charge is 0.435 e. The standard InChI is InChI=1S/C24H25ClF3N3O2S/c1-5-31-12-18(21(29-31)24(26,27)28)15-9-7-6-8-14(15)17-11-30(22(32)33-23(2,3)4)13-19-16(17)10-20(25)34-19/h6-10,12,17H,5,11,13H2,1-4H3/t17-/m0/s1. The zero-order valence-electron chi connectivity index (χ0n) is 19.2. The average Bonchev–Trinajstić information content (AvgIpc) is 3.34. The van der Waals surface area contributed by atoms with Crippen molar-refractivity contribution in [2.24, 2.45) is 0 Å². The molecule has 0 radical (unpaired) electrons. The van der Waals surface area contributed by atoms with Crippen molar-refractivity contribution in [3.05, 3.63) is 62.6 Å². The molecule has 34 heavy (non-hydrogen) atoms. The van der Waals surface area contributed by atoms with E-state index in [1.165, 1.54) is 22.2 Å². The van der Waals surface area contributed by atoms with E-state index in [2.05, 4.69) is 5.10 Å². The first-order chi connectivity index (χ1) is 15.9. The molecular formula is C24H25ClF3N3O2S. The third-order valence-corrected chi connectivity index (χ3v) is 6.82. The predicted octanol–water partition coefficient (Wildman–Crippen LogP) is 7.19. The molecule has 1 atom stereocenters. The van der Waals surface area contributed by atoms with Crippen LogP contribution in [0, 0.1) is 0 Å². The maximum absolute atomic E-state index is 13.9. The number of fused-ring (bicyclic) bond motifs is 1. The lowest BCUT2D eigenvalue weighted by Gasteiger charge is -2.35. The summed E-state index contributed by atoms with van der Waals surface area (Å²) in [7, 11) is 0. The summed E-state index contributed by atoms with van der Waals surface area (Å²) < 4.78 is 49.0. The molecule has 1 aliphatic heterocycles. The molecule has 4 rings (SSSR count). The van der Waals surface area contributed by atoms with E-state index >= 15 is 0 Å². The molecule has 0 unspecified atom stereocenters. The largest absolute Gasteiger partial charge is 0.444 e. The molecule has 0 N–H and O–H groups in total. The molecule has 10 heteroatoms. The van der Waals surface area contributed by atoms with Crippen LogP contribution in [0.25, 0.3) is 11.1 Å². The van der Waals surface area contributed by atoms with E-state index in [9.17, 15) is 18.0 Å². The fraction of sp³-hybridized carbons (Fsp3) is 0.417. The van der Waals surface area contributed by atoms with Crippen LogP contribution in [-0.2, 0) is 24.0 Å². The van der Waals surface area contributed by atoms with Gasteiger partial charge in [0.1, 0.15) is 5.60 Å².